The van der Waals surface area contributed by atoms with Crippen molar-refractivity contribution in [2.75, 3.05) is 18.9 Å². The minimum absolute atomic E-state index is 0.0198. The van der Waals surface area contributed by atoms with Crippen LogP contribution in [0.15, 0.2) is 24.3 Å². The molecule has 0 radical (unpaired) electrons. The summed E-state index contributed by atoms with van der Waals surface area (Å²) in [5.74, 6) is 0.0198. The van der Waals surface area contributed by atoms with Gasteiger partial charge in [0.05, 0.1) is 24.4 Å². The van der Waals surface area contributed by atoms with E-state index in [1.54, 1.807) is 0 Å². The lowest BCUT2D eigenvalue weighted by Gasteiger charge is -2.36. The number of fused-ring (bicyclic) bond motifs is 1. The van der Waals surface area contributed by atoms with Gasteiger partial charge < -0.3 is 15.4 Å². The van der Waals surface area contributed by atoms with Crippen molar-refractivity contribution in [3.8, 4) is 0 Å². The zero-order valence-corrected chi connectivity index (χ0v) is 12.4. The molecule has 2 aromatic rings. The van der Waals surface area contributed by atoms with Crippen molar-refractivity contribution in [1.82, 2.24) is 4.90 Å². The van der Waals surface area contributed by atoms with E-state index in [1.807, 2.05) is 43.0 Å². The number of nitrogen functional groups attached to an aromatic ring is 1. The van der Waals surface area contributed by atoms with Gasteiger partial charge in [-0.2, -0.15) is 0 Å². The molecular formula is C15H18N2O2S. The maximum absolute atomic E-state index is 12.7. The molecule has 1 aliphatic rings. The molecule has 1 amide bonds. The highest BCUT2D eigenvalue weighted by Crippen LogP contribution is 2.34. The average Bonchev–Trinajstić information content (AvgIpc) is 2.79. The number of amides is 1. The van der Waals surface area contributed by atoms with Crippen LogP contribution in [0, 0.1) is 0 Å². The molecule has 5 heteroatoms. The molecule has 0 saturated carbocycles. The lowest BCUT2D eigenvalue weighted by Crippen LogP contribution is -2.50. The number of carbonyl (C=O) groups excluding carboxylic acids is 1. The predicted molar refractivity (Wildman–Crippen MR) is 82.1 cm³/mol. The quantitative estimate of drug-likeness (QED) is 0.878. The van der Waals surface area contributed by atoms with E-state index in [4.69, 9.17) is 10.5 Å². The molecule has 106 valence electrons. The second kappa shape index (κ2) is 5.07. The highest BCUT2D eigenvalue weighted by Gasteiger charge is 2.30. The van der Waals surface area contributed by atoms with E-state index in [0.717, 1.165) is 10.1 Å². The van der Waals surface area contributed by atoms with Crippen molar-refractivity contribution >= 4 is 33.0 Å². The maximum atomic E-state index is 12.7. The summed E-state index contributed by atoms with van der Waals surface area (Å²) in [6.07, 6.45) is 0.0748. The molecule has 2 heterocycles. The Morgan fingerprint density at radius 1 is 1.40 bits per heavy atom. The summed E-state index contributed by atoms with van der Waals surface area (Å²) in [6.45, 7) is 5.19. The Hall–Kier alpha value is -1.59. The number of benzene rings is 1. The van der Waals surface area contributed by atoms with Crippen molar-refractivity contribution in [2.24, 2.45) is 0 Å². The van der Waals surface area contributed by atoms with E-state index in [-0.39, 0.29) is 18.1 Å². The second-order valence-corrected chi connectivity index (χ2v) is 6.34. The molecule has 2 atom stereocenters. The van der Waals surface area contributed by atoms with Crippen LogP contribution in [0.3, 0.4) is 0 Å². The minimum Gasteiger partial charge on any atom is -0.397 e. The van der Waals surface area contributed by atoms with Gasteiger partial charge in [0.1, 0.15) is 4.88 Å². The van der Waals surface area contributed by atoms with Gasteiger partial charge in [0.2, 0.25) is 0 Å². The number of anilines is 1. The van der Waals surface area contributed by atoms with E-state index >= 15 is 0 Å². The Kier molecular flexibility index (Phi) is 3.40. The number of carbonyl (C=O) groups is 1. The molecule has 1 aromatic carbocycles. The molecule has 2 N–H and O–H groups in total. The summed E-state index contributed by atoms with van der Waals surface area (Å²) in [7, 11) is 0. The zero-order chi connectivity index (χ0) is 14.3. The van der Waals surface area contributed by atoms with Crippen molar-refractivity contribution in [3.05, 3.63) is 29.1 Å². The summed E-state index contributed by atoms with van der Waals surface area (Å²) in [5, 5.41) is 0.967. The van der Waals surface area contributed by atoms with Crippen LogP contribution in [-0.2, 0) is 4.74 Å². The number of nitrogens with two attached hydrogens (primary N) is 1. The van der Waals surface area contributed by atoms with Gasteiger partial charge in [0.15, 0.2) is 0 Å². The Balaban J connectivity index is 1.97. The van der Waals surface area contributed by atoms with Crippen LogP contribution in [0.25, 0.3) is 10.1 Å². The summed E-state index contributed by atoms with van der Waals surface area (Å²) in [6, 6.07) is 7.95. The first-order chi connectivity index (χ1) is 9.58. The number of hydrogen-bond donors (Lipinski definition) is 1. The molecule has 20 heavy (non-hydrogen) atoms. The molecule has 1 fully saturated rings. The molecule has 0 spiro atoms. The molecule has 1 saturated heterocycles. The fraction of sp³-hybridized carbons (Fsp3) is 0.400. The number of morpholine rings is 1. The van der Waals surface area contributed by atoms with E-state index in [2.05, 4.69) is 0 Å². The third-order valence-electron chi connectivity index (χ3n) is 3.70. The summed E-state index contributed by atoms with van der Waals surface area (Å²) >= 11 is 1.47. The highest BCUT2D eigenvalue weighted by molar-refractivity contribution is 7.21. The zero-order valence-electron chi connectivity index (χ0n) is 11.6. The Bertz CT molecular complexity index is 652. The van der Waals surface area contributed by atoms with Crippen molar-refractivity contribution < 1.29 is 9.53 Å². The van der Waals surface area contributed by atoms with Crippen molar-refractivity contribution in [1.29, 1.82) is 0 Å². The van der Waals surface area contributed by atoms with E-state index in [9.17, 15) is 4.79 Å². The van der Waals surface area contributed by atoms with Crippen LogP contribution < -0.4 is 5.73 Å². The van der Waals surface area contributed by atoms with Gasteiger partial charge in [0, 0.05) is 16.6 Å². The fourth-order valence-corrected chi connectivity index (χ4v) is 3.62. The second-order valence-electron chi connectivity index (χ2n) is 5.29. The van der Waals surface area contributed by atoms with Gasteiger partial charge in [0.25, 0.3) is 5.91 Å². The number of nitrogens with zero attached hydrogens (tertiary/aromatic N) is 1. The summed E-state index contributed by atoms with van der Waals surface area (Å²) in [5.41, 5.74) is 6.76. The van der Waals surface area contributed by atoms with E-state index < -0.39 is 0 Å². The Labute approximate surface area is 122 Å². The van der Waals surface area contributed by atoms with Gasteiger partial charge >= 0.3 is 0 Å². The normalized spacial score (nSPS) is 23.2. The summed E-state index contributed by atoms with van der Waals surface area (Å²) in [4.78, 5) is 15.3. The molecule has 4 nitrogen and oxygen atoms in total. The van der Waals surface area contributed by atoms with Crippen molar-refractivity contribution in [2.45, 2.75) is 26.0 Å². The number of rotatable bonds is 1. The fourth-order valence-electron chi connectivity index (χ4n) is 2.54. The van der Waals surface area contributed by atoms with Crippen LogP contribution in [0.4, 0.5) is 5.69 Å². The van der Waals surface area contributed by atoms with Crippen LogP contribution in [0.1, 0.15) is 23.5 Å². The lowest BCUT2D eigenvalue weighted by molar-refractivity contribution is -0.0385. The molecule has 1 aromatic heterocycles. The van der Waals surface area contributed by atoms with Gasteiger partial charge in [-0.05, 0) is 19.9 Å². The standard InChI is InChI=1S/C15H18N2O2S/c1-9-8-19-10(2)7-17(9)15(18)14-13(16)11-5-3-4-6-12(11)20-14/h3-6,9-10H,7-8,16H2,1-2H3. The van der Waals surface area contributed by atoms with Crippen LogP contribution in [-0.4, -0.2) is 36.1 Å². The molecule has 1 aliphatic heterocycles. The smallest absolute Gasteiger partial charge is 0.266 e. The first-order valence-electron chi connectivity index (χ1n) is 6.77. The monoisotopic (exact) mass is 290 g/mol. The van der Waals surface area contributed by atoms with Crippen molar-refractivity contribution in [3.63, 3.8) is 0 Å². The Morgan fingerprint density at radius 3 is 2.90 bits per heavy atom. The third-order valence-corrected chi connectivity index (χ3v) is 4.87. The lowest BCUT2D eigenvalue weighted by atomic mass is 10.1. The molecular weight excluding hydrogens is 272 g/mol. The van der Waals surface area contributed by atoms with E-state index in [1.165, 1.54) is 11.3 Å². The van der Waals surface area contributed by atoms with Gasteiger partial charge in [-0.1, -0.05) is 18.2 Å². The van der Waals surface area contributed by atoms with E-state index in [0.29, 0.717) is 23.7 Å². The number of thiophene rings is 1. The molecule has 0 aliphatic carbocycles. The third kappa shape index (κ3) is 2.17. The Morgan fingerprint density at radius 2 is 2.15 bits per heavy atom. The topological polar surface area (TPSA) is 55.6 Å². The minimum atomic E-state index is 0.0198. The van der Waals surface area contributed by atoms with Gasteiger partial charge in [-0.25, -0.2) is 0 Å². The SMILES string of the molecule is CC1CN(C(=O)c2sc3ccccc3c2N)C(C)CO1. The number of hydrogen-bond acceptors (Lipinski definition) is 4. The first kappa shape index (κ1) is 13.4. The maximum Gasteiger partial charge on any atom is 0.266 e. The largest absolute Gasteiger partial charge is 0.397 e. The molecule has 2 unspecified atom stereocenters. The predicted octanol–water partition coefficient (Wildman–Crippen LogP) is 2.73. The highest BCUT2D eigenvalue weighted by atomic mass is 32.1. The molecule has 3 rings (SSSR count). The molecule has 0 bridgehead atoms. The van der Waals surface area contributed by atoms with Gasteiger partial charge in [-0.15, -0.1) is 11.3 Å². The first-order valence-corrected chi connectivity index (χ1v) is 7.59. The number of ether oxygens (including phenoxy) is 1. The van der Waals surface area contributed by atoms with Crippen LogP contribution in [0.5, 0.6) is 0 Å². The average molecular weight is 290 g/mol. The van der Waals surface area contributed by atoms with Gasteiger partial charge in [-0.3, -0.25) is 4.79 Å². The van der Waals surface area contributed by atoms with Crippen LogP contribution >= 0.6 is 11.3 Å². The summed E-state index contributed by atoms with van der Waals surface area (Å²) < 4.78 is 6.63. The van der Waals surface area contributed by atoms with Crippen LogP contribution in [0.2, 0.25) is 0 Å².